The van der Waals surface area contributed by atoms with Crippen LogP contribution in [-0.2, 0) is 11.3 Å². The summed E-state index contributed by atoms with van der Waals surface area (Å²) in [5.74, 6) is 0.554. The summed E-state index contributed by atoms with van der Waals surface area (Å²) in [5, 5.41) is 22.4. The fourth-order valence-corrected chi connectivity index (χ4v) is 3.04. The number of fused-ring (bicyclic) bond motifs is 1. The number of hydrogen-bond donors (Lipinski definition) is 2. The quantitative estimate of drug-likeness (QED) is 0.742. The monoisotopic (exact) mass is 348 g/mol. The summed E-state index contributed by atoms with van der Waals surface area (Å²) < 4.78 is 1.93. The number of nitriles is 1. The summed E-state index contributed by atoms with van der Waals surface area (Å²) in [7, 11) is 0. The van der Waals surface area contributed by atoms with Gasteiger partial charge in [0.15, 0.2) is 0 Å². The van der Waals surface area contributed by atoms with Crippen molar-refractivity contribution < 1.29 is 9.90 Å². The van der Waals surface area contributed by atoms with Crippen LogP contribution >= 0.6 is 0 Å². The number of nitrogens with one attached hydrogen (secondary N) is 1. The second kappa shape index (κ2) is 7.38. The van der Waals surface area contributed by atoms with Gasteiger partial charge in [-0.15, -0.1) is 0 Å². The molecular weight excluding hydrogens is 328 g/mol. The summed E-state index contributed by atoms with van der Waals surface area (Å²) in [4.78, 5) is 16.1. The van der Waals surface area contributed by atoms with Crippen LogP contribution in [0, 0.1) is 11.3 Å². The van der Waals surface area contributed by atoms with Crippen LogP contribution in [0.4, 0.5) is 0 Å². The topological polar surface area (TPSA) is 90.9 Å². The second-order valence-electron chi connectivity index (χ2n) is 6.24. The smallest absolute Gasteiger partial charge is 0.217 e. The van der Waals surface area contributed by atoms with E-state index in [4.69, 9.17) is 5.26 Å². The van der Waals surface area contributed by atoms with Crippen LogP contribution in [0.1, 0.15) is 42.9 Å². The Morgan fingerprint density at radius 1 is 1.27 bits per heavy atom. The van der Waals surface area contributed by atoms with E-state index in [-0.39, 0.29) is 11.9 Å². The number of imidazole rings is 1. The van der Waals surface area contributed by atoms with Crippen LogP contribution in [0.2, 0.25) is 0 Å². The molecule has 6 heteroatoms. The number of rotatable bonds is 5. The fraction of sp³-hybridized carbons (Fsp3) is 0.250. The Morgan fingerprint density at radius 3 is 2.62 bits per heavy atom. The number of carbonyl (C=O) groups is 1. The Labute approximate surface area is 151 Å². The lowest BCUT2D eigenvalue weighted by Crippen LogP contribution is -2.27. The van der Waals surface area contributed by atoms with E-state index in [0.717, 1.165) is 16.6 Å². The molecule has 26 heavy (non-hydrogen) atoms. The standard InChI is InChI=1S/C20H20N4O2/c1-13(22-14(2)25)20-23-17-5-3-4-6-18(17)24(20)12-19(26)16-9-7-15(11-21)8-10-16/h3-10,13,19,26H,12H2,1-2H3,(H,22,25)/t13-,19?/m0/s1. The average Bonchev–Trinajstić information content (AvgIpc) is 3.00. The van der Waals surface area contributed by atoms with Crippen LogP contribution in [0.25, 0.3) is 11.0 Å². The lowest BCUT2D eigenvalue weighted by atomic mass is 10.1. The van der Waals surface area contributed by atoms with Gasteiger partial charge < -0.3 is 15.0 Å². The third kappa shape index (κ3) is 3.58. The van der Waals surface area contributed by atoms with Gasteiger partial charge in [-0.1, -0.05) is 24.3 Å². The maximum absolute atomic E-state index is 11.4. The summed E-state index contributed by atoms with van der Waals surface area (Å²) in [6, 6.07) is 16.3. The van der Waals surface area contributed by atoms with Crippen LogP contribution < -0.4 is 5.32 Å². The van der Waals surface area contributed by atoms with E-state index in [1.165, 1.54) is 6.92 Å². The number of aliphatic hydroxyl groups is 1. The zero-order chi connectivity index (χ0) is 18.7. The molecule has 0 saturated heterocycles. The number of aliphatic hydroxyl groups excluding tert-OH is 1. The molecule has 0 saturated carbocycles. The first-order chi connectivity index (χ1) is 12.5. The van der Waals surface area contributed by atoms with Crippen LogP contribution in [0.5, 0.6) is 0 Å². The molecule has 0 spiro atoms. The normalized spacial score (nSPS) is 13.2. The molecule has 1 unspecified atom stereocenters. The van der Waals surface area contributed by atoms with E-state index in [9.17, 15) is 9.90 Å². The predicted molar refractivity (Wildman–Crippen MR) is 98.1 cm³/mol. The Balaban J connectivity index is 1.96. The first-order valence-electron chi connectivity index (χ1n) is 8.40. The molecule has 0 radical (unpaired) electrons. The first-order valence-corrected chi connectivity index (χ1v) is 8.40. The van der Waals surface area contributed by atoms with Crippen molar-refractivity contribution in [3.8, 4) is 6.07 Å². The predicted octanol–water partition coefficient (Wildman–Crippen LogP) is 2.84. The Kier molecular flexibility index (Phi) is 5.01. The van der Waals surface area contributed by atoms with E-state index in [1.807, 2.05) is 35.8 Å². The number of aromatic nitrogens is 2. The van der Waals surface area contributed by atoms with Gasteiger partial charge in [-0.05, 0) is 36.8 Å². The van der Waals surface area contributed by atoms with E-state index in [0.29, 0.717) is 17.9 Å². The van der Waals surface area contributed by atoms with Crippen molar-refractivity contribution in [1.29, 1.82) is 5.26 Å². The lowest BCUT2D eigenvalue weighted by Gasteiger charge is -2.18. The van der Waals surface area contributed by atoms with Crippen molar-refractivity contribution in [2.45, 2.75) is 32.5 Å². The van der Waals surface area contributed by atoms with Gasteiger partial charge in [-0.25, -0.2) is 4.98 Å². The van der Waals surface area contributed by atoms with E-state index in [2.05, 4.69) is 16.4 Å². The summed E-state index contributed by atoms with van der Waals surface area (Å²) in [6.45, 7) is 3.63. The highest BCUT2D eigenvalue weighted by atomic mass is 16.3. The van der Waals surface area contributed by atoms with E-state index in [1.54, 1.807) is 24.3 Å². The minimum absolute atomic E-state index is 0.135. The number of para-hydroxylation sites is 2. The Bertz CT molecular complexity index is 970. The number of carbonyl (C=O) groups excluding carboxylic acids is 1. The Hall–Kier alpha value is -3.17. The largest absolute Gasteiger partial charge is 0.387 e. The van der Waals surface area contributed by atoms with Crippen molar-refractivity contribution in [2.24, 2.45) is 0 Å². The molecule has 0 aliphatic rings. The van der Waals surface area contributed by atoms with Crippen LogP contribution in [0.15, 0.2) is 48.5 Å². The molecule has 0 bridgehead atoms. The van der Waals surface area contributed by atoms with Crippen LogP contribution in [-0.4, -0.2) is 20.6 Å². The number of amides is 1. The molecule has 1 amide bonds. The summed E-state index contributed by atoms with van der Waals surface area (Å²) in [5.41, 5.74) is 2.98. The SMILES string of the molecule is CC(=O)N[C@@H](C)c1nc2ccccc2n1CC(O)c1ccc(C#N)cc1. The summed E-state index contributed by atoms with van der Waals surface area (Å²) >= 11 is 0. The first kappa shape index (κ1) is 17.6. The average molecular weight is 348 g/mol. The lowest BCUT2D eigenvalue weighted by molar-refractivity contribution is -0.119. The number of nitrogens with zero attached hydrogens (tertiary/aromatic N) is 3. The third-order valence-corrected chi connectivity index (χ3v) is 4.27. The molecule has 1 aromatic heterocycles. The molecule has 2 N–H and O–H groups in total. The summed E-state index contributed by atoms with van der Waals surface area (Å²) in [6.07, 6.45) is -0.761. The Morgan fingerprint density at radius 2 is 1.96 bits per heavy atom. The molecule has 0 aliphatic carbocycles. The minimum Gasteiger partial charge on any atom is -0.387 e. The highest BCUT2D eigenvalue weighted by Gasteiger charge is 2.20. The van der Waals surface area contributed by atoms with E-state index >= 15 is 0 Å². The van der Waals surface area contributed by atoms with Gasteiger partial charge in [0.1, 0.15) is 5.82 Å². The van der Waals surface area contributed by atoms with Crippen LogP contribution in [0.3, 0.4) is 0 Å². The highest BCUT2D eigenvalue weighted by Crippen LogP contribution is 2.24. The van der Waals surface area contributed by atoms with Gasteiger partial charge in [-0.2, -0.15) is 5.26 Å². The molecule has 3 aromatic rings. The molecule has 0 fully saturated rings. The van der Waals surface area contributed by atoms with Gasteiger partial charge >= 0.3 is 0 Å². The van der Waals surface area contributed by atoms with Crippen molar-refractivity contribution in [2.75, 3.05) is 0 Å². The van der Waals surface area contributed by atoms with Crippen molar-refractivity contribution in [3.05, 3.63) is 65.5 Å². The zero-order valence-electron chi connectivity index (χ0n) is 14.7. The number of hydrogen-bond acceptors (Lipinski definition) is 4. The zero-order valence-corrected chi connectivity index (χ0v) is 14.7. The van der Waals surface area contributed by atoms with Gasteiger partial charge in [0.05, 0.1) is 41.4 Å². The minimum atomic E-state index is -0.761. The van der Waals surface area contributed by atoms with Crippen molar-refractivity contribution >= 4 is 16.9 Å². The molecule has 2 atom stereocenters. The molecule has 2 aromatic carbocycles. The van der Waals surface area contributed by atoms with Gasteiger partial charge in [0.25, 0.3) is 0 Å². The maximum atomic E-state index is 11.4. The highest BCUT2D eigenvalue weighted by molar-refractivity contribution is 5.77. The molecule has 132 valence electrons. The van der Waals surface area contributed by atoms with Gasteiger partial charge in [0.2, 0.25) is 5.91 Å². The molecule has 0 aliphatic heterocycles. The molecule has 1 heterocycles. The maximum Gasteiger partial charge on any atom is 0.217 e. The second-order valence-corrected chi connectivity index (χ2v) is 6.24. The van der Waals surface area contributed by atoms with Crippen molar-refractivity contribution in [1.82, 2.24) is 14.9 Å². The molecule has 3 rings (SSSR count). The van der Waals surface area contributed by atoms with Gasteiger partial charge in [0, 0.05) is 6.92 Å². The fourth-order valence-electron chi connectivity index (χ4n) is 3.04. The van der Waals surface area contributed by atoms with E-state index < -0.39 is 6.10 Å². The molecular formula is C20H20N4O2. The number of benzene rings is 2. The van der Waals surface area contributed by atoms with Gasteiger partial charge in [-0.3, -0.25) is 4.79 Å². The molecule has 6 nitrogen and oxygen atoms in total. The van der Waals surface area contributed by atoms with Crippen molar-refractivity contribution in [3.63, 3.8) is 0 Å². The third-order valence-electron chi connectivity index (χ3n) is 4.27.